The minimum atomic E-state index is -1.85. The van der Waals surface area contributed by atoms with Crippen molar-refractivity contribution >= 4 is 11.8 Å². The van der Waals surface area contributed by atoms with E-state index in [4.69, 9.17) is 0 Å². The SMILES string of the molecule is CCCCC(C)(C)CC=C[C@H]1CCC(=O)[C@@H]1CCCCCC(O)(C(=O)O)c1ccccc1. The number of unbranched alkanes of at least 4 members (excludes halogenated alkanes) is 3. The molecule has 1 aromatic carbocycles. The summed E-state index contributed by atoms with van der Waals surface area (Å²) in [5, 5.41) is 20.3. The van der Waals surface area contributed by atoms with Crippen molar-refractivity contribution in [2.24, 2.45) is 17.3 Å². The van der Waals surface area contributed by atoms with Crippen LogP contribution in [-0.2, 0) is 15.2 Å². The topological polar surface area (TPSA) is 74.6 Å². The zero-order valence-electron chi connectivity index (χ0n) is 20.2. The van der Waals surface area contributed by atoms with Gasteiger partial charge in [-0.3, -0.25) is 4.79 Å². The number of hydrogen-bond donors (Lipinski definition) is 2. The van der Waals surface area contributed by atoms with Crippen molar-refractivity contribution in [3.8, 4) is 0 Å². The summed E-state index contributed by atoms with van der Waals surface area (Å²) in [6, 6.07) is 8.61. The molecule has 1 unspecified atom stereocenters. The molecule has 1 fully saturated rings. The Labute approximate surface area is 194 Å². The standard InChI is InChI=1S/C28H42O4/c1-4-5-19-27(2,3)20-12-13-22-17-18-25(29)24(22)16-10-7-11-21-28(32,26(30)31)23-14-8-6-9-15-23/h6,8-9,12-15,22,24,32H,4-5,7,10-11,16-21H2,1-3H3,(H,30,31)/t22-,24+,28?/m0/s1. The lowest BCUT2D eigenvalue weighted by molar-refractivity contribution is -0.160. The molecule has 32 heavy (non-hydrogen) atoms. The van der Waals surface area contributed by atoms with Crippen molar-refractivity contribution in [3.63, 3.8) is 0 Å². The predicted octanol–water partition coefficient (Wildman–Crippen LogP) is 6.67. The lowest BCUT2D eigenvalue weighted by atomic mass is 9.82. The van der Waals surface area contributed by atoms with E-state index in [2.05, 4.69) is 32.9 Å². The molecule has 0 amide bonds. The fourth-order valence-corrected chi connectivity index (χ4v) is 4.87. The quantitative estimate of drug-likeness (QED) is 0.249. The summed E-state index contributed by atoms with van der Waals surface area (Å²) >= 11 is 0. The van der Waals surface area contributed by atoms with Gasteiger partial charge in [0.2, 0.25) is 0 Å². The monoisotopic (exact) mass is 442 g/mol. The number of aliphatic carboxylic acids is 1. The van der Waals surface area contributed by atoms with Crippen LogP contribution < -0.4 is 0 Å². The number of rotatable bonds is 14. The number of carboxylic acids is 1. The smallest absolute Gasteiger partial charge is 0.340 e. The molecule has 0 aliphatic heterocycles. The van der Waals surface area contributed by atoms with E-state index in [0.717, 1.165) is 32.1 Å². The van der Waals surface area contributed by atoms with Crippen molar-refractivity contribution in [2.45, 2.75) is 97.0 Å². The van der Waals surface area contributed by atoms with Crippen molar-refractivity contribution in [1.82, 2.24) is 0 Å². The summed E-state index contributed by atoms with van der Waals surface area (Å²) in [5.74, 6) is -0.403. The van der Waals surface area contributed by atoms with E-state index in [0.29, 0.717) is 35.5 Å². The van der Waals surface area contributed by atoms with Crippen LogP contribution >= 0.6 is 0 Å². The summed E-state index contributed by atoms with van der Waals surface area (Å²) in [7, 11) is 0. The predicted molar refractivity (Wildman–Crippen MR) is 129 cm³/mol. The van der Waals surface area contributed by atoms with Crippen LogP contribution in [0.4, 0.5) is 0 Å². The first-order valence-electron chi connectivity index (χ1n) is 12.4. The molecule has 0 radical (unpaired) electrons. The van der Waals surface area contributed by atoms with E-state index in [1.54, 1.807) is 30.3 Å². The molecular weight excluding hydrogens is 400 g/mol. The normalized spacial score (nSPS) is 21.2. The van der Waals surface area contributed by atoms with Crippen LogP contribution in [-0.4, -0.2) is 22.0 Å². The van der Waals surface area contributed by atoms with Crippen molar-refractivity contribution in [1.29, 1.82) is 0 Å². The van der Waals surface area contributed by atoms with E-state index in [1.807, 2.05) is 0 Å². The van der Waals surface area contributed by atoms with Crippen LogP contribution in [0.15, 0.2) is 42.5 Å². The molecule has 0 heterocycles. The Morgan fingerprint density at radius 1 is 1.09 bits per heavy atom. The molecule has 1 saturated carbocycles. The minimum absolute atomic E-state index is 0.0949. The highest BCUT2D eigenvalue weighted by atomic mass is 16.4. The number of carboxylic acid groups (broad SMARTS) is 1. The van der Waals surface area contributed by atoms with Crippen LogP contribution in [0.25, 0.3) is 0 Å². The molecule has 0 spiro atoms. The maximum Gasteiger partial charge on any atom is 0.340 e. The van der Waals surface area contributed by atoms with Gasteiger partial charge in [-0.15, -0.1) is 0 Å². The Bertz CT molecular complexity index is 752. The van der Waals surface area contributed by atoms with Gasteiger partial charge in [-0.25, -0.2) is 4.79 Å². The lowest BCUT2D eigenvalue weighted by Crippen LogP contribution is -2.35. The van der Waals surface area contributed by atoms with Gasteiger partial charge in [0.05, 0.1) is 0 Å². The summed E-state index contributed by atoms with van der Waals surface area (Å²) in [5.41, 5.74) is -1.12. The Morgan fingerprint density at radius 3 is 2.47 bits per heavy atom. The molecule has 178 valence electrons. The molecule has 3 atom stereocenters. The third-order valence-corrected chi connectivity index (χ3v) is 7.07. The molecule has 2 N–H and O–H groups in total. The summed E-state index contributed by atoms with van der Waals surface area (Å²) in [4.78, 5) is 24.1. The third kappa shape index (κ3) is 7.58. The average Bonchev–Trinajstić information content (AvgIpc) is 3.11. The maximum absolute atomic E-state index is 12.4. The summed E-state index contributed by atoms with van der Waals surface area (Å²) < 4.78 is 0. The van der Waals surface area contributed by atoms with Crippen LogP contribution in [0.5, 0.6) is 0 Å². The van der Waals surface area contributed by atoms with Crippen LogP contribution in [0.2, 0.25) is 0 Å². The summed E-state index contributed by atoms with van der Waals surface area (Å²) in [6.45, 7) is 6.86. The van der Waals surface area contributed by atoms with Gasteiger partial charge in [-0.1, -0.05) is 88.9 Å². The van der Waals surface area contributed by atoms with Crippen molar-refractivity contribution in [2.75, 3.05) is 0 Å². The van der Waals surface area contributed by atoms with E-state index >= 15 is 0 Å². The number of carbonyl (C=O) groups excluding carboxylic acids is 1. The molecule has 1 aromatic rings. The number of ketones is 1. The number of carbonyl (C=O) groups is 2. The van der Waals surface area contributed by atoms with Gasteiger partial charge in [-0.2, -0.15) is 0 Å². The van der Waals surface area contributed by atoms with Gasteiger partial charge in [0.1, 0.15) is 5.78 Å². The lowest BCUT2D eigenvalue weighted by Gasteiger charge is -2.24. The minimum Gasteiger partial charge on any atom is -0.479 e. The van der Waals surface area contributed by atoms with Crippen molar-refractivity contribution < 1.29 is 19.8 Å². The Morgan fingerprint density at radius 2 is 1.81 bits per heavy atom. The highest BCUT2D eigenvalue weighted by Gasteiger charge is 2.37. The number of benzene rings is 1. The molecule has 1 aliphatic carbocycles. The summed E-state index contributed by atoms with van der Waals surface area (Å²) in [6.07, 6.45) is 14.3. The molecule has 0 aromatic heterocycles. The van der Waals surface area contributed by atoms with Gasteiger partial charge in [0.25, 0.3) is 0 Å². The Kier molecular flexibility index (Phi) is 10.1. The highest BCUT2D eigenvalue weighted by Crippen LogP contribution is 2.36. The van der Waals surface area contributed by atoms with E-state index in [9.17, 15) is 19.8 Å². The molecule has 1 aliphatic rings. The fourth-order valence-electron chi connectivity index (χ4n) is 4.87. The van der Waals surface area contributed by atoms with Gasteiger partial charge in [0, 0.05) is 12.3 Å². The molecule has 0 bridgehead atoms. The van der Waals surface area contributed by atoms with Crippen LogP contribution in [0, 0.1) is 17.3 Å². The first-order chi connectivity index (χ1) is 15.2. The van der Waals surface area contributed by atoms with Gasteiger partial charge in [-0.05, 0) is 55.4 Å². The Hall–Kier alpha value is -1.94. The number of hydrogen-bond acceptors (Lipinski definition) is 3. The van der Waals surface area contributed by atoms with Gasteiger partial charge < -0.3 is 10.2 Å². The first kappa shape index (κ1) is 26.3. The van der Waals surface area contributed by atoms with E-state index in [-0.39, 0.29) is 12.3 Å². The van der Waals surface area contributed by atoms with Crippen LogP contribution in [0.1, 0.15) is 97.0 Å². The average molecular weight is 443 g/mol. The van der Waals surface area contributed by atoms with Crippen LogP contribution in [0.3, 0.4) is 0 Å². The molecule has 0 saturated heterocycles. The second-order valence-electron chi connectivity index (χ2n) is 10.3. The second-order valence-corrected chi connectivity index (χ2v) is 10.3. The van der Waals surface area contributed by atoms with Gasteiger partial charge >= 0.3 is 5.97 Å². The number of allylic oxidation sites excluding steroid dienone is 2. The van der Waals surface area contributed by atoms with E-state index < -0.39 is 11.6 Å². The number of aliphatic hydroxyl groups is 1. The Balaban J connectivity index is 1.81. The zero-order chi connectivity index (χ0) is 23.6. The highest BCUT2D eigenvalue weighted by molar-refractivity contribution is 5.83. The van der Waals surface area contributed by atoms with Gasteiger partial charge in [0.15, 0.2) is 5.60 Å². The first-order valence-corrected chi connectivity index (χ1v) is 12.4. The molecule has 4 nitrogen and oxygen atoms in total. The maximum atomic E-state index is 12.4. The van der Waals surface area contributed by atoms with Crippen molar-refractivity contribution in [3.05, 3.63) is 48.0 Å². The molecule has 2 rings (SSSR count). The van der Waals surface area contributed by atoms with E-state index in [1.165, 1.54) is 19.3 Å². The largest absolute Gasteiger partial charge is 0.479 e. The fraction of sp³-hybridized carbons (Fsp3) is 0.643. The third-order valence-electron chi connectivity index (χ3n) is 7.07. The molecule has 4 heteroatoms. The zero-order valence-corrected chi connectivity index (χ0v) is 20.2. The number of Topliss-reactive ketones (excluding diaryl/α,β-unsaturated/α-hetero) is 1. The second kappa shape index (κ2) is 12.3. The molecular formula is C28H42O4.